The van der Waals surface area contributed by atoms with Crippen LogP contribution in [-0.4, -0.2) is 11.0 Å². The van der Waals surface area contributed by atoms with Crippen LogP contribution in [0.2, 0.25) is 15.1 Å². The number of nitrogens with one attached hydrogen (secondary N) is 1. The molecule has 0 unspecified atom stereocenters. The number of carbonyl (C=O) groups excluding carboxylic acids is 1. The number of aromatic amines is 1. The van der Waals surface area contributed by atoms with Crippen LogP contribution >= 0.6 is 34.8 Å². The van der Waals surface area contributed by atoms with E-state index >= 15 is 0 Å². The van der Waals surface area contributed by atoms with Gasteiger partial charge >= 0.3 is 5.97 Å². The van der Waals surface area contributed by atoms with Crippen molar-refractivity contribution in [1.29, 1.82) is 0 Å². The number of hydrogen-bond donors (Lipinski definition) is 1. The van der Waals surface area contributed by atoms with E-state index in [1.165, 1.54) is 12.1 Å². The van der Waals surface area contributed by atoms with Crippen LogP contribution in [0.1, 0.15) is 19.5 Å². The summed E-state index contributed by atoms with van der Waals surface area (Å²) in [6.45, 7) is 3.57. The van der Waals surface area contributed by atoms with Gasteiger partial charge in [-0.1, -0.05) is 53.0 Å². The molecule has 0 bridgehead atoms. The Bertz CT molecular complexity index is 898. The predicted molar refractivity (Wildman–Crippen MR) is 98.4 cm³/mol. The van der Waals surface area contributed by atoms with Crippen LogP contribution in [0.5, 0.6) is 5.75 Å². The molecule has 0 amide bonds. The van der Waals surface area contributed by atoms with Gasteiger partial charge in [-0.2, -0.15) is 0 Å². The molecular formula is C18H14Cl3NO2. The van der Waals surface area contributed by atoms with Crippen molar-refractivity contribution < 1.29 is 9.53 Å². The van der Waals surface area contributed by atoms with Gasteiger partial charge < -0.3 is 9.72 Å². The van der Waals surface area contributed by atoms with Gasteiger partial charge in [0.2, 0.25) is 0 Å². The summed E-state index contributed by atoms with van der Waals surface area (Å²) >= 11 is 17.9. The van der Waals surface area contributed by atoms with Crippen molar-refractivity contribution >= 4 is 51.7 Å². The summed E-state index contributed by atoms with van der Waals surface area (Å²) in [5.41, 5.74) is 0.819. The molecule has 0 radical (unpaired) electrons. The fraction of sp³-hybridized carbons (Fsp3) is 0.167. The standard InChI is InChI=1S/C18H14Cl3NO2/c1-18(2,16-7-10-5-3-4-6-14(10)22-16)17(23)24-15-9-12(20)11(19)8-13(15)21/h3-9,22H,1-2H3. The third-order valence-corrected chi connectivity index (χ3v) is 4.91. The lowest BCUT2D eigenvalue weighted by molar-refractivity contribution is -0.139. The molecule has 0 saturated carbocycles. The third kappa shape index (κ3) is 3.12. The first-order chi connectivity index (χ1) is 11.3. The number of ether oxygens (including phenoxy) is 1. The van der Waals surface area contributed by atoms with Crippen molar-refractivity contribution in [2.75, 3.05) is 0 Å². The van der Waals surface area contributed by atoms with Crippen molar-refractivity contribution in [1.82, 2.24) is 4.98 Å². The number of H-pyrrole nitrogens is 1. The third-order valence-electron chi connectivity index (χ3n) is 3.89. The summed E-state index contributed by atoms with van der Waals surface area (Å²) < 4.78 is 5.46. The molecule has 124 valence electrons. The molecule has 1 N–H and O–H groups in total. The Balaban J connectivity index is 1.92. The molecule has 3 nitrogen and oxygen atoms in total. The number of halogens is 3. The van der Waals surface area contributed by atoms with Crippen LogP contribution in [-0.2, 0) is 10.2 Å². The van der Waals surface area contributed by atoms with Crippen LogP contribution in [0.3, 0.4) is 0 Å². The second kappa shape index (κ2) is 6.32. The number of esters is 1. The lowest BCUT2D eigenvalue weighted by atomic mass is 9.89. The molecule has 0 aliphatic rings. The van der Waals surface area contributed by atoms with Gasteiger partial charge in [-0.25, -0.2) is 0 Å². The van der Waals surface area contributed by atoms with Gasteiger partial charge in [0, 0.05) is 17.3 Å². The number of carbonyl (C=O) groups is 1. The Morgan fingerprint density at radius 2 is 1.67 bits per heavy atom. The minimum absolute atomic E-state index is 0.181. The molecule has 0 spiro atoms. The molecule has 1 aromatic heterocycles. The minimum atomic E-state index is -0.894. The second-order valence-corrected chi connectivity index (χ2v) is 7.20. The lowest BCUT2D eigenvalue weighted by Gasteiger charge is -2.21. The summed E-state index contributed by atoms with van der Waals surface area (Å²) in [5, 5.41) is 1.83. The first-order valence-corrected chi connectivity index (χ1v) is 8.37. The molecular weight excluding hydrogens is 369 g/mol. The molecule has 3 rings (SSSR count). The van der Waals surface area contributed by atoms with Crippen LogP contribution in [0.4, 0.5) is 0 Å². The van der Waals surface area contributed by atoms with Crippen LogP contribution in [0.15, 0.2) is 42.5 Å². The molecule has 0 saturated heterocycles. The Morgan fingerprint density at radius 3 is 2.38 bits per heavy atom. The normalized spacial score (nSPS) is 11.7. The highest BCUT2D eigenvalue weighted by molar-refractivity contribution is 6.43. The van der Waals surface area contributed by atoms with Gasteiger partial charge in [-0.05, 0) is 37.4 Å². The number of fused-ring (bicyclic) bond motifs is 1. The smallest absolute Gasteiger partial charge is 0.322 e. The van der Waals surface area contributed by atoms with Gasteiger partial charge in [0.15, 0.2) is 5.75 Å². The zero-order chi connectivity index (χ0) is 17.5. The molecule has 1 heterocycles. The minimum Gasteiger partial charge on any atom is -0.424 e. The van der Waals surface area contributed by atoms with E-state index in [-0.39, 0.29) is 15.8 Å². The average molecular weight is 383 g/mol. The highest BCUT2D eigenvalue weighted by atomic mass is 35.5. The Labute approximate surface area is 154 Å². The number of rotatable bonds is 3. The second-order valence-electron chi connectivity index (χ2n) is 5.98. The predicted octanol–water partition coefficient (Wildman–Crippen LogP) is 6.01. The van der Waals surface area contributed by atoms with Crippen LogP contribution in [0, 0.1) is 0 Å². The van der Waals surface area contributed by atoms with E-state index in [4.69, 9.17) is 39.5 Å². The summed E-state index contributed by atoms with van der Waals surface area (Å²) in [5.74, 6) is -0.269. The Hall–Kier alpha value is -1.68. The SMILES string of the molecule is CC(C)(C(=O)Oc1cc(Cl)c(Cl)cc1Cl)c1cc2ccccc2[nH]1. The first kappa shape index (κ1) is 17.2. The van der Waals surface area contributed by atoms with Crippen molar-refractivity contribution in [2.24, 2.45) is 0 Å². The maximum Gasteiger partial charge on any atom is 0.322 e. The number of hydrogen-bond acceptors (Lipinski definition) is 2. The van der Waals surface area contributed by atoms with Crippen molar-refractivity contribution in [2.45, 2.75) is 19.3 Å². The zero-order valence-electron chi connectivity index (χ0n) is 13.0. The van der Waals surface area contributed by atoms with Crippen LogP contribution in [0.25, 0.3) is 10.9 Å². The molecule has 6 heteroatoms. The van der Waals surface area contributed by atoms with Crippen LogP contribution < -0.4 is 4.74 Å². The largest absolute Gasteiger partial charge is 0.424 e. The molecule has 0 aliphatic carbocycles. The summed E-state index contributed by atoms with van der Waals surface area (Å²) in [6.07, 6.45) is 0. The van der Waals surface area contributed by atoms with E-state index in [1.54, 1.807) is 13.8 Å². The van der Waals surface area contributed by atoms with Crippen molar-refractivity contribution in [3.8, 4) is 5.75 Å². The molecule has 2 aromatic carbocycles. The average Bonchev–Trinajstić information content (AvgIpc) is 2.97. The van der Waals surface area contributed by atoms with E-state index < -0.39 is 11.4 Å². The maximum absolute atomic E-state index is 12.7. The quantitative estimate of drug-likeness (QED) is 0.342. The Morgan fingerprint density at radius 1 is 1.00 bits per heavy atom. The van der Waals surface area contributed by atoms with Gasteiger partial charge in [0.05, 0.1) is 15.1 Å². The Kier molecular flexibility index (Phi) is 4.52. The number of para-hydroxylation sites is 1. The molecule has 0 fully saturated rings. The van der Waals surface area contributed by atoms with Gasteiger partial charge in [-0.15, -0.1) is 0 Å². The van der Waals surface area contributed by atoms with E-state index in [0.29, 0.717) is 5.02 Å². The molecule has 0 aliphatic heterocycles. The molecule has 24 heavy (non-hydrogen) atoms. The zero-order valence-corrected chi connectivity index (χ0v) is 15.3. The first-order valence-electron chi connectivity index (χ1n) is 7.24. The highest BCUT2D eigenvalue weighted by Gasteiger charge is 2.34. The fourth-order valence-corrected chi connectivity index (χ4v) is 2.91. The van der Waals surface area contributed by atoms with Crippen molar-refractivity contribution in [3.05, 3.63) is 63.2 Å². The molecule has 0 atom stereocenters. The van der Waals surface area contributed by atoms with Gasteiger partial charge in [0.25, 0.3) is 0 Å². The van der Waals surface area contributed by atoms with E-state index in [2.05, 4.69) is 4.98 Å². The lowest BCUT2D eigenvalue weighted by Crippen LogP contribution is -2.33. The topological polar surface area (TPSA) is 42.1 Å². The van der Waals surface area contributed by atoms with Gasteiger partial charge in [-0.3, -0.25) is 4.79 Å². The van der Waals surface area contributed by atoms with E-state index in [9.17, 15) is 4.79 Å². The summed E-state index contributed by atoms with van der Waals surface area (Å²) in [4.78, 5) is 15.9. The van der Waals surface area contributed by atoms with E-state index in [0.717, 1.165) is 16.6 Å². The van der Waals surface area contributed by atoms with Crippen molar-refractivity contribution in [3.63, 3.8) is 0 Å². The summed E-state index contributed by atoms with van der Waals surface area (Å²) in [6, 6.07) is 12.6. The maximum atomic E-state index is 12.7. The number of benzene rings is 2. The molecule has 3 aromatic rings. The highest BCUT2D eigenvalue weighted by Crippen LogP contribution is 2.36. The number of aromatic nitrogens is 1. The van der Waals surface area contributed by atoms with Gasteiger partial charge in [0.1, 0.15) is 5.41 Å². The monoisotopic (exact) mass is 381 g/mol. The fourth-order valence-electron chi connectivity index (χ4n) is 2.33. The summed E-state index contributed by atoms with van der Waals surface area (Å²) in [7, 11) is 0. The van der Waals surface area contributed by atoms with E-state index in [1.807, 2.05) is 30.3 Å².